The molecule has 1 saturated carbocycles. The highest BCUT2D eigenvalue weighted by Gasteiger charge is 2.38. The molecule has 2 fully saturated rings. The highest BCUT2D eigenvalue weighted by molar-refractivity contribution is 7.96. The Kier molecular flexibility index (Phi) is 7.20. The van der Waals surface area contributed by atoms with Crippen LogP contribution in [0.25, 0.3) is 5.69 Å². The van der Waals surface area contributed by atoms with Gasteiger partial charge in [0.2, 0.25) is 5.91 Å². The molecule has 0 unspecified atom stereocenters. The predicted molar refractivity (Wildman–Crippen MR) is 127 cm³/mol. The van der Waals surface area contributed by atoms with Crippen molar-refractivity contribution in [2.45, 2.75) is 51.5 Å². The molecule has 1 saturated heterocycles. The molecule has 0 atom stereocenters. The van der Waals surface area contributed by atoms with Crippen molar-refractivity contribution < 1.29 is 14.7 Å². The Morgan fingerprint density at radius 2 is 1.72 bits per heavy atom. The molecule has 4 rings (SSSR count). The van der Waals surface area contributed by atoms with Crippen LogP contribution in [0.1, 0.15) is 55.8 Å². The lowest BCUT2D eigenvalue weighted by Crippen LogP contribution is -2.49. The lowest BCUT2D eigenvalue weighted by Gasteiger charge is -2.39. The number of benzene rings is 1. The summed E-state index contributed by atoms with van der Waals surface area (Å²) in [6.45, 7) is 3.99. The number of hydrogen-bond donors (Lipinski definition) is 1. The third-order valence-corrected chi connectivity index (χ3v) is 7.70. The summed E-state index contributed by atoms with van der Waals surface area (Å²) >= 11 is 1.72. The third kappa shape index (κ3) is 4.86. The van der Waals surface area contributed by atoms with E-state index in [1.165, 1.54) is 6.20 Å². The van der Waals surface area contributed by atoms with Crippen LogP contribution in [-0.2, 0) is 4.79 Å². The van der Waals surface area contributed by atoms with Crippen molar-refractivity contribution >= 4 is 29.6 Å². The zero-order chi connectivity index (χ0) is 22.7. The van der Waals surface area contributed by atoms with Crippen molar-refractivity contribution in [1.82, 2.24) is 14.1 Å². The second kappa shape index (κ2) is 10.1. The van der Waals surface area contributed by atoms with Crippen LogP contribution in [0.15, 0.2) is 36.5 Å². The van der Waals surface area contributed by atoms with E-state index in [0.29, 0.717) is 5.92 Å². The Hall–Kier alpha value is -2.32. The maximum Gasteiger partial charge on any atom is 0.341 e. The molecule has 1 N–H and O–H groups in total. The maximum atomic E-state index is 13.8. The van der Waals surface area contributed by atoms with Gasteiger partial charge < -0.3 is 5.11 Å². The summed E-state index contributed by atoms with van der Waals surface area (Å²) in [5.74, 6) is -0.149. The fourth-order valence-electron chi connectivity index (χ4n) is 4.85. The van der Waals surface area contributed by atoms with Crippen LogP contribution in [0.5, 0.6) is 0 Å². The van der Waals surface area contributed by atoms with Gasteiger partial charge in [-0.3, -0.25) is 14.0 Å². The van der Waals surface area contributed by atoms with Crippen molar-refractivity contribution in [3.05, 3.63) is 42.1 Å². The molecule has 0 bridgehead atoms. The van der Waals surface area contributed by atoms with Gasteiger partial charge in [-0.15, -0.1) is 5.10 Å². The number of carbonyl (C=O) groups is 2. The molecule has 7 nitrogen and oxygen atoms in total. The van der Waals surface area contributed by atoms with Gasteiger partial charge in [0, 0.05) is 31.2 Å². The van der Waals surface area contributed by atoms with E-state index in [2.05, 4.69) is 22.6 Å². The molecule has 2 aliphatic rings. The van der Waals surface area contributed by atoms with Crippen LogP contribution >= 0.6 is 11.9 Å². The largest absolute Gasteiger partial charge is 0.477 e. The number of carboxylic acids is 1. The van der Waals surface area contributed by atoms with Crippen LogP contribution in [0, 0.1) is 11.8 Å². The number of carbonyl (C=O) groups excluding carboxylic acids is 1. The first kappa shape index (κ1) is 22.9. The normalized spacial score (nSPS) is 22.6. The van der Waals surface area contributed by atoms with Gasteiger partial charge >= 0.3 is 5.97 Å². The molecule has 2 aromatic rings. The Balaban J connectivity index is 1.71. The van der Waals surface area contributed by atoms with Crippen LogP contribution in [-0.4, -0.2) is 56.5 Å². The fraction of sp³-hybridized carbons (Fsp3) is 0.542. The van der Waals surface area contributed by atoms with Crippen LogP contribution in [0.4, 0.5) is 5.82 Å². The minimum atomic E-state index is -1.06. The van der Waals surface area contributed by atoms with Gasteiger partial charge in [-0.25, -0.2) is 9.48 Å². The number of para-hydroxylation sites is 1. The maximum absolute atomic E-state index is 13.8. The molecule has 0 spiro atoms. The van der Waals surface area contributed by atoms with E-state index < -0.39 is 5.97 Å². The van der Waals surface area contributed by atoms with E-state index in [1.807, 2.05) is 30.3 Å². The molecule has 1 amide bonds. The first-order valence-electron chi connectivity index (χ1n) is 11.5. The van der Waals surface area contributed by atoms with Crippen molar-refractivity contribution in [3.63, 3.8) is 0 Å². The lowest BCUT2D eigenvalue weighted by atomic mass is 9.82. The SMILES string of the molecule is CSN1CCC(N(C(=O)C2CCC(C)CC2)c2nn(-c3ccccc3)cc2C(=O)O)CC1. The fourth-order valence-corrected chi connectivity index (χ4v) is 5.43. The van der Waals surface area contributed by atoms with Crippen LogP contribution < -0.4 is 4.90 Å². The van der Waals surface area contributed by atoms with Crippen molar-refractivity contribution in [3.8, 4) is 5.69 Å². The minimum Gasteiger partial charge on any atom is -0.477 e. The molecular weight excluding hydrogens is 424 g/mol. The van der Waals surface area contributed by atoms with Crippen LogP contribution in [0.2, 0.25) is 0 Å². The number of aromatic nitrogens is 2. The molecule has 32 heavy (non-hydrogen) atoms. The Morgan fingerprint density at radius 3 is 2.31 bits per heavy atom. The number of hydrogen-bond acceptors (Lipinski definition) is 5. The molecular formula is C24H32N4O3S. The molecule has 172 valence electrons. The molecule has 8 heteroatoms. The molecule has 2 heterocycles. The van der Waals surface area contributed by atoms with Gasteiger partial charge in [0.05, 0.1) is 5.69 Å². The second-order valence-corrected chi connectivity index (χ2v) is 9.84. The summed E-state index contributed by atoms with van der Waals surface area (Å²) < 4.78 is 3.88. The van der Waals surface area contributed by atoms with Gasteiger partial charge in [-0.2, -0.15) is 0 Å². The number of aromatic carboxylic acids is 1. The zero-order valence-electron chi connectivity index (χ0n) is 18.8. The number of amides is 1. The van der Waals surface area contributed by atoms with Gasteiger partial charge in [-0.1, -0.05) is 37.1 Å². The Bertz CT molecular complexity index is 932. The van der Waals surface area contributed by atoms with E-state index in [4.69, 9.17) is 0 Å². The van der Waals surface area contributed by atoms with Crippen molar-refractivity contribution in [1.29, 1.82) is 0 Å². The quantitative estimate of drug-likeness (QED) is 0.646. The van der Waals surface area contributed by atoms with Crippen molar-refractivity contribution in [2.75, 3.05) is 24.2 Å². The molecule has 1 aliphatic heterocycles. The lowest BCUT2D eigenvalue weighted by molar-refractivity contribution is -0.124. The van der Waals surface area contributed by atoms with Gasteiger partial charge in [0.15, 0.2) is 5.82 Å². The minimum absolute atomic E-state index is 0.0394. The van der Waals surface area contributed by atoms with E-state index >= 15 is 0 Å². The summed E-state index contributed by atoms with van der Waals surface area (Å²) in [6.07, 6.45) is 9.03. The second-order valence-electron chi connectivity index (χ2n) is 8.96. The first-order valence-corrected chi connectivity index (χ1v) is 12.7. The highest BCUT2D eigenvalue weighted by Crippen LogP contribution is 2.35. The molecule has 1 aliphatic carbocycles. The standard InChI is InChI=1S/C24H32N4O3S/c1-17-8-10-18(11-9-17)23(29)28(20-12-14-26(32-2)15-13-20)22-21(24(30)31)16-27(25-22)19-6-4-3-5-7-19/h3-7,16-18,20H,8-15H2,1-2H3,(H,30,31). The number of piperidine rings is 1. The van der Waals surface area contributed by atoms with Gasteiger partial charge in [0.1, 0.15) is 5.56 Å². The van der Waals surface area contributed by atoms with E-state index in [9.17, 15) is 14.7 Å². The van der Waals surface area contributed by atoms with Crippen LogP contribution in [0.3, 0.4) is 0 Å². The number of carboxylic acid groups (broad SMARTS) is 1. The number of rotatable bonds is 6. The Labute approximate surface area is 193 Å². The number of anilines is 1. The number of nitrogens with zero attached hydrogens (tertiary/aromatic N) is 4. The van der Waals surface area contributed by atoms with Gasteiger partial charge in [0.25, 0.3) is 0 Å². The Morgan fingerprint density at radius 1 is 1.06 bits per heavy atom. The molecule has 0 radical (unpaired) electrons. The smallest absolute Gasteiger partial charge is 0.341 e. The van der Waals surface area contributed by atoms with Gasteiger partial charge in [-0.05, 0) is 62.8 Å². The monoisotopic (exact) mass is 456 g/mol. The van der Waals surface area contributed by atoms with Crippen molar-refractivity contribution in [2.24, 2.45) is 11.8 Å². The topological polar surface area (TPSA) is 78.7 Å². The first-order chi connectivity index (χ1) is 15.5. The summed E-state index contributed by atoms with van der Waals surface area (Å²) in [6, 6.07) is 9.42. The third-order valence-electron chi connectivity index (χ3n) is 6.82. The van der Waals surface area contributed by atoms with E-state index in [-0.39, 0.29) is 29.2 Å². The molecule has 1 aromatic carbocycles. The average molecular weight is 457 g/mol. The summed E-state index contributed by atoms with van der Waals surface area (Å²) in [7, 11) is 0. The summed E-state index contributed by atoms with van der Waals surface area (Å²) in [5.41, 5.74) is 0.857. The summed E-state index contributed by atoms with van der Waals surface area (Å²) in [4.78, 5) is 27.8. The zero-order valence-corrected chi connectivity index (χ0v) is 19.6. The summed E-state index contributed by atoms with van der Waals surface area (Å²) in [5, 5.41) is 14.6. The average Bonchev–Trinajstić information content (AvgIpc) is 3.26. The van der Waals surface area contributed by atoms with E-state index in [1.54, 1.807) is 21.5 Å². The molecule has 1 aromatic heterocycles. The highest BCUT2D eigenvalue weighted by atomic mass is 32.2. The predicted octanol–water partition coefficient (Wildman–Crippen LogP) is 4.47. The van der Waals surface area contributed by atoms with E-state index in [0.717, 1.165) is 57.3 Å².